The molecule has 2 heterocycles. The fourth-order valence-electron chi connectivity index (χ4n) is 10.4. The standard InChI is InChI=1S/C67H89N11O7/c1-11-19-26-48(17-7)44-76(45-49(18-8)27-20-12-2)63(81)52-38-51(62(80)75(36-23-15-5)37-24-16-6)40-54(41-52)71-73-60-47(10)58(43-69)65(83)78(67(60)85)56-32-30-55(31-33-56)77-64(82)57(42-68)46(9)59(66(77)84)72-70-53-29-25-28-50(39-53)61(79)74(34-21-13-3)35-22-14-4/h25,28-33,38-41,48-49,84-85H,11-24,26-27,34-37,44-45H2,1-10H3/b72-70+,73-71+. The molecule has 0 aliphatic rings. The van der Waals surface area contributed by atoms with E-state index < -0.39 is 22.9 Å². The monoisotopic (exact) mass is 1160 g/mol. The minimum absolute atomic E-state index is 0.0260. The van der Waals surface area contributed by atoms with Crippen molar-refractivity contribution in [2.75, 3.05) is 39.3 Å². The first kappa shape index (κ1) is 67.5. The van der Waals surface area contributed by atoms with Gasteiger partial charge in [-0.3, -0.25) is 24.0 Å². The van der Waals surface area contributed by atoms with Gasteiger partial charge in [-0.05, 0) is 125 Å². The number of carbonyl (C=O) groups is 3. The van der Waals surface area contributed by atoms with Crippen LogP contribution in [0, 0.1) is 48.3 Å². The van der Waals surface area contributed by atoms with E-state index in [-0.39, 0.29) is 91.4 Å². The molecular weight excluding hydrogens is 1070 g/mol. The second kappa shape index (κ2) is 33.9. The molecular formula is C67H89N11O7. The second-order valence-electron chi connectivity index (χ2n) is 22.1. The summed E-state index contributed by atoms with van der Waals surface area (Å²) in [6, 6.07) is 20.8. The molecule has 0 radical (unpaired) electrons. The maximum atomic E-state index is 15.1. The van der Waals surface area contributed by atoms with E-state index in [9.17, 15) is 39.9 Å². The number of benzene rings is 3. The molecule has 0 fully saturated rings. The van der Waals surface area contributed by atoms with Gasteiger partial charge >= 0.3 is 0 Å². The summed E-state index contributed by atoms with van der Waals surface area (Å²) in [5.41, 5.74) is -1.29. The smallest absolute Gasteiger partial charge is 0.276 e. The molecule has 5 aromatic rings. The number of hydrogen-bond donors (Lipinski definition) is 2. The average molecular weight is 1160 g/mol. The third-order valence-corrected chi connectivity index (χ3v) is 15.8. The summed E-state index contributed by atoms with van der Waals surface area (Å²) in [6.45, 7) is 23.3. The van der Waals surface area contributed by atoms with Gasteiger partial charge in [-0.25, -0.2) is 9.13 Å². The maximum absolute atomic E-state index is 15.1. The summed E-state index contributed by atoms with van der Waals surface area (Å²) in [6.07, 6.45) is 14.9. The largest absolute Gasteiger partial charge is 0.493 e. The summed E-state index contributed by atoms with van der Waals surface area (Å²) in [5, 5.41) is 62.1. The van der Waals surface area contributed by atoms with Crippen LogP contribution in [-0.4, -0.2) is 91.0 Å². The Morgan fingerprint density at radius 3 is 1.24 bits per heavy atom. The Labute approximate surface area is 502 Å². The number of pyridine rings is 2. The van der Waals surface area contributed by atoms with Gasteiger partial charge in [0.05, 0.1) is 22.7 Å². The Balaban J connectivity index is 1.61. The zero-order chi connectivity index (χ0) is 62.2. The summed E-state index contributed by atoms with van der Waals surface area (Å²) in [5.74, 6) is -1.38. The van der Waals surface area contributed by atoms with Gasteiger partial charge in [-0.15, -0.1) is 10.2 Å². The van der Waals surface area contributed by atoms with Crippen molar-refractivity contribution in [2.24, 2.45) is 32.3 Å². The highest BCUT2D eigenvalue weighted by atomic mass is 16.3. The van der Waals surface area contributed by atoms with Gasteiger partial charge in [0.1, 0.15) is 23.3 Å². The van der Waals surface area contributed by atoms with Gasteiger partial charge in [0.15, 0.2) is 11.4 Å². The zero-order valence-corrected chi connectivity index (χ0v) is 51.9. The van der Waals surface area contributed by atoms with E-state index >= 15 is 4.79 Å². The van der Waals surface area contributed by atoms with Crippen LogP contribution in [0.15, 0.2) is 96.8 Å². The van der Waals surface area contributed by atoms with Crippen molar-refractivity contribution in [3.8, 4) is 35.3 Å². The number of nitriles is 2. The van der Waals surface area contributed by atoms with E-state index in [4.69, 9.17) is 0 Å². The van der Waals surface area contributed by atoms with Crippen LogP contribution in [0.1, 0.15) is 211 Å². The molecule has 0 saturated heterocycles. The third kappa shape index (κ3) is 17.4. The van der Waals surface area contributed by atoms with Crippen LogP contribution in [0.3, 0.4) is 0 Å². The SMILES string of the molecule is CCCCC(CC)CN(CC(CC)CCCC)C(=O)c1cc(/N=N/c2c(C)c(C#N)c(=O)n(-c3ccc(-n4c(O)c(/N=N/c5cccc(C(=O)N(CCCC)CCCC)c5)c(C)c(C#N)c4=O)cc3)c2O)cc(C(=O)N(CCCC)CCCC)c1. The lowest BCUT2D eigenvalue weighted by Crippen LogP contribution is -2.39. The predicted octanol–water partition coefficient (Wildman–Crippen LogP) is 15.6. The summed E-state index contributed by atoms with van der Waals surface area (Å²) in [4.78, 5) is 76.9. The van der Waals surface area contributed by atoms with Crippen LogP contribution in [0.5, 0.6) is 11.8 Å². The Bertz CT molecular complexity index is 3320. The highest BCUT2D eigenvalue weighted by Gasteiger charge is 2.27. The number of aromatic hydroxyl groups is 2. The normalized spacial score (nSPS) is 12.1. The lowest BCUT2D eigenvalue weighted by atomic mass is 9.95. The molecule has 0 bridgehead atoms. The fourth-order valence-corrected chi connectivity index (χ4v) is 10.4. The molecule has 0 aliphatic carbocycles. The van der Waals surface area contributed by atoms with Gasteiger partial charge in [0.2, 0.25) is 11.8 Å². The van der Waals surface area contributed by atoms with E-state index in [0.29, 0.717) is 50.5 Å². The average Bonchev–Trinajstić information content (AvgIpc) is 1.75. The molecule has 2 unspecified atom stereocenters. The van der Waals surface area contributed by atoms with Crippen LogP contribution in [-0.2, 0) is 0 Å². The van der Waals surface area contributed by atoms with Crippen molar-refractivity contribution >= 4 is 40.5 Å². The number of aromatic nitrogens is 2. The molecule has 2 aromatic heterocycles. The molecule has 85 heavy (non-hydrogen) atoms. The molecule has 454 valence electrons. The van der Waals surface area contributed by atoms with Crippen molar-refractivity contribution in [1.82, 2.24) is 23.8 Å². The minimum atomic E-state index is -0.886. The summed E-state index contributed by atoms with van der Waals surface area (Å²) >= 11 is 0. The number of amides is 3. The highest BCUT2D eigenvalue weighted by molar-refractivity contribution is 6.01. The molecule has 3 amide bonds. The number of carbonyl (C=O) groups excluding carboxylic acids is 3. The summed E-state index contributed by atoms with van der Waals surface area (Å²) in [7, 11) is 0. The number of nitrogens with zero attached hydrogens (tertiary/aromatic N) is 11. The number of unbranched alkanes of at least 4 members (excludes halogenated alkanes) is 6. The number of rotatable bonds is 33. The van der Waals surface area contributed by atoms with Crippen LogP contribution in [0.4, 0.5) is 22.7 Å². The Morgan fingerprint density at radius 2 is 0.859 bits per heavy atom. The van der Waals surface area contributed by atoms with E-state index in [1.807, 2.05) is 26.8 Å². The Morgan fingerprint density at radius 1 is 0.494 bits per heavy atom. The minimum Gasteiger partial charge on any atom is -0.493 e. The fraction of sp³-hybridized carbons (Fsp3) is 0.507. The zero-order valence-electron chi connectivity index (χ0n) is 51.9. The third-order valence-electron chi connectivity index (χ3n) is 15.8. The quantitative estimate of drug-likeness (QED) is 0.0379. The predicted molar refractivity (Wildman–Crippen MR) is 335 cm³/mol. The van der Waals surface area contributed by atoms with Crippen molar-refractivity contribution in [3.63, 3.8) is 0 Å². The van der Waals surface area contributed by atoms with Crippen molar-refractivity contribution in [2.45, 2.75) is 172 Å². The molecule has 18 heteroatoms. The first-order chi connectivity index (χ1) is 41.0. The van der Waals surface area contributed by atoms with Crippen LogP contribution in [0.25, 0.3) is 11.4 Å². The van der Waals surface area contributed by atoms with E-state index in [0.717, 1.165) is 112 Å². The first-order valence-corrected chi connectivity index (χ1v) is 30.9. The maximum Gasteiger partial charge on any atom is 0.276 e. The molecule has 2 atom stereocenters. The molecule has 5 rings (SSSR count). The lowest BCUT2D eigenvalue weighted by Gasteiger charge is -2.31. The van der Waals surface area contributed by atoms with Crippen molar-refractivity contribution in [1.29, 1.82) is 10.5 Å². The molecule has 0 spiro atoms. The van der Waals surface area contributed by atoms with E-state index in [1.54, 1.807) is 42.5 Å². The van der Waals surface area contributed by atoms with Crippen molar-refractivity contribution in [3.05, 3.63) is 126 Å². The first-order valence-electron chi connectivity index (χ1n) is 30.9. The van der Waals surface area contributed by atoms with Gasteiger partial charge < -0.3 is 24.9 Å². The lowest BCUT2D eigenvalue weighted by molar-refractivity contribution is 0.0684. The molecule has 0 saturated carbocycles. The molecule has 18 nitrogen and oxygen atoms in total. The Hall–Kier alpha value is -8.25. The molecule has 0 aliphatic heterocycles. The Kier molecular flexibility index (Phi) is 26.9. The van der Waals surface area contributed by atoms with Gasteiger partial charge in [0.25, 0.3) is 28.8 Å². The molecule has 2 N–H and O–H groups in total. The van der Waals surface area contributed by atoms with Crippen LogP contribution in [0.2, 0.25) is 0 Å². The second-order valence-corrected chi connectivity index (χ2v) is 22.1. The molecule has 3 aromatic carbocycles. The van der Waals surface area contributed by atoms with E-state index in [2.05, 4.69) is 75.8 Å². The highest BCUT2D eigenvalue weighted by Crippen LogP contribution is 2.37. The topological polar surface area (TPSA) is 242 Å². The van der Waals surface area contributed by atoms with Crippen LogP contribution >= 0.6 is 0 Å². The van der Waals surface area contributed by atoms with E-state index in [1.165, 1.54) is 38.1 Å². The van der Waals surface area contributed by atoms with Crippen LogP contribution < -0.4 is 11.1 Å². The summed E-state index contributed by atoms with van der Waals surface area (Å²) < 4.78 is 1.74. The van der Waals surface area contributed by atoms with Crippen molar-refractivity contribution < 1.29 is 24.6 Å². The van der Waals surface area contributed by atoms with Gasteiger partial charge in [0, 0.05) is 67.1 Å². The van der Waals surface area contributed by atoms with Gasteiger partial charge in [-0.1, -0.05) is 126 Å². The number of hydrogen-bond acceptors (Lipinski definition) is 13. The number of azo groups is 2. The van der Waals surface area contributed by atoms with Gasteiger partial charge in [-0.2, -0.15) is 20.8 Å².